The van der Waals surface area contributed by atoms with Crippen molar-refractivity contribution in [1.29, 1.82) is 0 Å². The maximum Gasteiger partial charge on any atom is 0.131 e. The van der Waals surface area contributed by atoms with Gasteiger partial charge in [-0.25, -0.2) is 4.39 Å². The Morgan fingerprint density at radius 2 is 2.00 bits per heavy atom. The molecule has 0 saturated carbocycles. The molecule has 3 heteroatoms. The lowest BCUT2D eigenvalue weighted by Gasteiger charge is -2.20. The summed E-state index contributed by atoms with van der Waals surface area (Å²) in [4.78, 5) is 0. The van der Waals surface area contributed by atoms with E-state index in [9.17, 15) is 4.39 Å². The van der Waals surface area contributed by atoms with E-state index in [1.54, 1.807) is 6.07 Å². The summed E-state index contributed by atoms with van der Waals surface area (Å²) in [6.07, 6.45) is 2.28. The van der Waals surface area contributed by atoms with Crippen molar-refractivity contribution in [2.45, 2.75) is 46.6 Å². The minimum absolute atomic E-state index is 0.0392. The normalized spacial score (nSPS) is 14.2. The molecule has 2 unspecified atom stereocenters. The summed E-state index contributed by atoms with van der Waals surface area (Å²) in [5, 5.41) is 3.24. The number of hydrogen-bond donors (Lipinski definition) is 1. The summed E-state index contributed by atoms with van der Waals surface area (Å²) >= 11 is 0. The fourth-order valence-electron chi connectivity index (χ4n) is 2.28. The van der Waals surface area contributed by atoms with Gasteiger partial charge < -0.3 is 10.1 Å². The number of halogens is 1. The first-order chi connectivity index (χ1) is 9.10. The molecule has 0 heterocycles. The Kier molecular flexibility index (Phi) is 6.85. The van der Waals surface area contributed by atoms with Crippen molar-refractivity contribution in [2.75, 3.05) is 13.2 Å². The van der Waals surface area contributed by atoms with Gasteiger partial charge in [-0.2, -0.15) is 0 Å². The lowest BCUT2D eigenvalue weighted by molar-refractivity contribution is 0.246. The van der Waals surface area contributed by atoms with E-state index in [1.165, 1.54) is 6.07 Å². The Balaban J connectivity index is 2.79. The molecule has 0 radical (unpaired) electrons. The van der Waals surface area contributed by atoms with Crippen LogP contribution < -0.4 is 10.1 Å². The van der Waals surface area contributed by atoms with Crippen molar-refractivity contribution in [3.8, 4) is 5.75 Å². The van der Waals surface area contributed by atoms with E-state index in [-0.39, 0.29) is 11.9 Å². The molecule has 1 aromatic carbocycles. The van der Waals surface area contributed by atoms with Crippen LogP contribution >= 0.6 is 0 Å². The molecular weight excluding hydrogens is 241 g/mol. The Hall–Kier alpha value is -1.09. The zero-order valence-corrected chi connectivity index (χ0v) is 12.5. The Morgan fingerprint density at radius 3 is 2.63 bits per heavy atom. The molecule has 0 aromatic heterocycles. The molecular formula is C16H26FNO. The Labute approximate surface area is 116 Å². The van der Waals surface area contributed by atoms with Crippen LogP contribution in [0.25, 0.3) is 0 Å². The molecule has 19 heavy (non-hydrogen) atoms. The molecule has 0 spiro atoms. The van der Waals surface area contributed by atoms with Gasteiger partial charge in [0.05, 0.1) is 6.61 Å². The van der Waals surface area contributed by atoms with Crippen molar-refractivity contribution in [1.82, 2.24) is 5.32 Å². The van der Waals surface area contributed by atoms with Crippen molar-refractivity contribution in [3.63, 3.8) is 0 Å². The first-order valence-corrected chi connectivity index (χ1v) is 7.24. The molecule has 1 aromatic rings. The monoisotopic (exact) mass is 267 g/mol. The SMILES string of the molecule is CCCC(C)COc1cccc(F)c1C(C)NCC. The highest BCUT2D eigenvalue weighted by Crippen LogP contribution is 2.28. The highest BCUT2D eigenvalue weighted by Gasteiger charge is 2.16. The molecule has 1 N–H and O–H groups in total. The number of rotatable bonds is 8. The van der Waals surface area contributed by atoms with Gasteiger partial charge in [0.15, 0.2) is 0 Å². The summed E-state index contributed by atoms with van der Waals surface area (Å²) in [7, 11) is 0. The predicted molar refractivity (Wildman–Crippen MR) is 78.1 cm³/mol. The minimum atomic E-state index is -0.200. The average molecular weight is 267 g/mol. The fraction of sp³-hybridized carbons (Fsp3) is 0.625. The van der Waals surface area contributed by atoms with Gasteiger partial charge in [-0.15, -0.1) is 0 Å². The highest BCUT2D eigenvalue weighted by molar-refractivity contribution is 5.37. The molecule has 108 valence electrons. The molecule has 0 aliphatic heterocycles. The van der Waals surface area contributed by atoms with Crippen molar-refractivity contribution in [2.24, 2.45) is 5.92 Å². The van der Waals surface area contributed by atoms with E-state index in [0.717, 1.165) is 19.4 Å². The first-order valence-electron chi connectivity index (χ1n) is 7.24. The fourth-order valence-corrected chi connectivity index (χ4v) is 2.28. The summed E-state index contributed by atoms with van der Waals surface area (Å²) in [5.74, 6) is 0.959. The molecule has 0 aliphatic carbocycles. The average Bonchev–Trinajstić information content (AvgIpc) is 2.37. The molecule has 0 bridgehead atoms. The van der Waals surface area contributed by atoms with Crippen LogP contribution in [-0.4, -0.2) is 13.2 Å². The number of ether oxygens (including phenoxy) is 1. The maximum atomic E-state index is 14.0. The molecule has 0 aliphatic rings. The zero-order chi connectivity index (χ0) is 14.3. The van der Waals surface area contributed by atoms with E-state index < -0.39 is 0 Å². The van der Waals surface area contributed by atoms with Crippen LogP contribution in [0.5, 0.6) is 5.75 Å². The smallest absolute Gasteiger partial charge is 0.131 e. The first kappa shape index (κ1) is 16.0. The van der Waals surface area contributed by atoms with Gasteiger partial charge in [-0.1, -0.05) is 33.3 Å². The van der Waals surface area contributed by atoms with Gasteiger partial charge in [-0.3, -0.25) is 0 Å². The second kappa shape index (κ2) is 8.16. The Bertz CT molecular complexity index is 381. The second-order valence-corrected chi connectivity index (χ2v) is 5.14. The van der Waals surface area contributed by atoms with E-state index in [1.807, 2.05) is 19.9 Å². The molecule has 0 saturated heterocycles. The minimum Gasteiger partial charge on any atom is -0.493 e. The second-order valence-electron chi connectivity index (χ2n) is 5.14. The molecule has 0 amide bonds. The third-order valence-corrected chi connectivity index (χ3v) is 3.26. The highest BCUT2D eigenvalue weighted by atomic mass is 19.1. The standard InChI is InChI=1S/C16H26FNO/c1-5-8-12(3)11-19-15-10-7-9-14(17)16(15)13(4)18-6-2/h7,9-10,12-13,18H,5-6,8,11H2,1-4H3. The summed E-state index contributed by atoms with van der Waals surface area (Å²) < 4.78 is 19.8. The van der Waals surface area contributed by atoms with Crippen LogP contribution in [0, 0.1) is 11.7 Å². The van der Waals surface area contributed by atoms with Crippen LogP contribution in [0.3, 0.4) is 0 Å². The number of benzene rings is 1. The van der Waals surface area contributed by atoms with Crippen LogP contribution in [0.1, 0.15) is 52.1 Å². The van der Waals surface area contributed by atoms with Gasteiger partial charge in [0.2, 0.25) is 0 Å². The number of nitrogens with one attached hydrogen (secondary N) is 1. The van der Waals surface area contributed by atoms with Crippen molar-refractivity contribution >= 4 is 0 Å². The van der Waals surface area contributed by atoms with Gasteiger partial charge >= 0.3 is 0 Å². The molecule has 2 nitrogen and oxygen atoms in total. The largest absolute Gasteiger partial charge is 0.493 e. The van der Waals surface area contributed by atoms with Crippen LogP contribution in [0.15, 0.2) is 18.2 Å². The van der Waals surface area contributed by atoms with E-state index in [2.05, 4.69) is 19.2 Å². The quantitative estimate of drug-likeness (QED) is 0.757. The van der Waals surface area contributed by atoms with Gasteiger partial charge in [0.1, 0.15) is 11.6 Å². The molecule has 0 fully saturated rings. The van der Waals surface area contributed by atoms with E-state index >= 15 is 0 Å². The van der Waals surface area contributed by atoms with Gasteiger partial charge in [0, 0.05) is 11.6 Å². The predicted octanol–water partition coefficient (Wildman–Crippen LogP) is 4.31. The van der Waals surface area contributed by atoms with Crippen LogP contribution in [0.2, 0.25) is 0 Å². The third-order valence-electron chi connectivity index (χ3n) is 3.26. The van der Waals surface area contributed by atoms with Gasteiger partial charge in [-0.05, 0) is 37.9 Å². The van der Waals surface area contributed by atoms with E-state index in [0.29, 0.717) is 23.8 Å². The summed E-state index contributed by atoms with van der Waals surface area (Å²) in [5.41, 5.74) is 0.632. The lowest BCUT2D eigenvalue weighted by Crippen LogP contribution is -2.20. The summed E-state index contributed by atoms with van der Waals surface area (Å²) in [6, 6.07) is 5.01. The van der Waals surface area contributed by atoms with Crippen LogP contribution in [0.4, 0.5) is 4.39 Å². The topological polar surface area (TPSA) is 21.3 Å². The van der Waals surface area contributed by atoms with Crippen LogP contribution in [-0.2, 0) is 0 Å². The molecule has 1 rings (SSSR count). The number of hydrogen-bond acceptors (Lipinski definition) is 2. The van der Waals surface area contributed by atoms with Crippen molar-refractivity contribution in [3.05, 3.63) is 29.6 Å². The molecule has 2 atom stereocenters. The lowest BCUT2D eigenvalue weighted by atomic mass is 10.1. The van der Waals surface area contributed by atoms with Gasteiger partial charge in [0.25, 0.3) is 0 Å². The third kappa shape index (κ3) is 4.83. The Morgan fingerprint density at radius 1 is 1.26 bits per heavy atom. The maximum absolute atomic E-state index is 14.0. The zero-order valence-electron chi connectivity index (χ0n) is 12.5. The van der Waals surface area contributed by atoms with E-state index in [4.69, 9.17) is 4.74 Å². The summed E-state index contributed by atoms with van der Waals surface area (Å²) in [6.45, 7) is 9.75. The van der Waals surface area contributed by atoms with Crippen molar-refractivity contribution < 1.29 is 9.13 Å².